The number of nitrogens with two attached hydrogens (primary N) is 1. The highest BCUT2D eigenvalue weighted by molar-refractivity contribution is 9.10. The number of halogens is 3. The van der Waals surface area contributed by atoms with Gasteiger partial charge in [0.05, 0.1) is 0 Å². The molecule has 0 saturated heterocycles. The van der Waals surface area contributed by atoms with Crippen LogP contribution >= 0.6 is 28.1 Å². The molecule has 0 radical (unpaired) electrons. The fraction of sp³-hybridized carbons (Fsp3) is 0.133. The lowest BCUT2D eigenvalue weighted by molar-refractivity contribution is 0.590. The smallest absolute Gasteiger partial charge is 0.150 e. The van der Waals surface area contributed by atoms with Crippen molar-refractivity contribution in [2.24, 2.45) is 5.73 Å². The number of nitrogens with one attached hydrogen (secondary N) is 1. The van der Waals surface area contributed by atoms with Gasteiger partial charge in [0, 0.05) is 15.7 Å². The van der Waals surface area contributed by atoms with Crippen LogP contribution in [-0.4, -0.2) is 4.99 Å². The van der Waals surface area contributed by atoms with Crippen LogP contribution in [0, 0.1) is 25.5 Å². The molecule has 0 saturated carbocycles. The van der Waals surface area contributed by atoms with Crippen LogP contribution in [0.5, 0.6) is 0 Å². The first kappa shape index (κ1) is 15.9. The third-order valence-corrected chi connectivity index (χ3v) is 4.52. The minimum absolute atomic E-state index is 0.0466. The number of anilines is 2. The molecule has 0 unspecified atom stereocenters. The monoisotopic (exact) mass is 370 g/mol. The third-order valence-electron chi connectivity index (χ3n) is 3.03. The van der Waals surface area contributed by atoms with E-state index in [0.717, 1.165) is 27.7 Å². The Hall–Kier alpha value is -1.53. The topological polar surface area (TPSA) is 38.0 Å². The predicted molar refractivity (Wildman–Crippen MR) is 89.1 cm³/mol. The van der Waals surface area contributed by atoms with E-state index in [1.807, 2.05) is 13.8 Å². The van der Waals surface area contributed by atoms with Gasteiger partial charge in [-0.1, -0.05) is 28.1 Å². The van der Waals surface area contributed by atoms with Crippen LogP contribution < -0.4 is 11.1 Å². The van der Waals surface area contributed by atoms with Gasteiger partial charge in [0.1, 0.15) is 22.3 Å². The molecule has 6 heteroatoms. The molecule has 0 bridgehead atoms. The van der Waals surface area contributed by atoms with Gasteiger partial charge in [-0.05, 0) is 49.2 Å². The summed E-state index contributed by atoms with van der Waals surface area (Å²) in [4.78, 5) is -0.0466. The lowest BCUT2D eigenvalue weighted by Gasteiger charge is -2.13. The molecule has 0 aliphatic rings. The Bertz CT molecular complexity index is 686. The Kier molecular flexibility index (Phi) is 4.58. The van der Waals surface area contributed by atoms with Gasteiger partial charge >= 0.3 is 0 Å². The molecule has 0 amide bonds. The second-order valence-corrected chi connectivity index (χ2v) is 5.96. The summed E-state index contributed by atoms with van der Waals surface area (Å²) in [5.74, 6) is -1.48. The molecule has 21 heavy (non-hydrogen) atoms. The zero-order chi connectivity index (χ0) is 15.7. The Morgan fingerprint density at radius 3 is 2.00 bits per heavy atom. The first-order chi connectivity index (χ1) is 9.79. The number of rotatable bonds is 3. The molecular weight excluding hydrogens is 358 g/mol. The Morgan fingerprint density at radius 2 is 1.57 bits per heavy atom. The van der Waals surface area contributed by atoms with Crippen LogP contribution in [0.25, 0.3) is 0 Å². The molecule has 2 aromatic rings. The number of benzene rings is 2. The van der Waals surface area contributed by atoms with Crippen molar-refractivity contribution >= 4 is 44.5 Å². The molecule has 0 atom stereocenters. The van der Waals surface area contributed by atoms with Crippen molar-refractivity contribution in [2.45, 2.75) is 13.8 Å². The van der Waals surface area contributed by atoms with Crippen molar-refractivity contribution in [3.63, 3.8) is 0 Å². The SMILES string of the molecule is Cc1cc(Nc2c(F)cc(C(N)=S)cc2F)cc(C)c1Br. The maximum absolute atomic E-state index is 14.0. The molecule has 0 aliphatic carbocycles. The molecule has 0 aromatic heterocycles. The van der Waals surface area contributed by atoms with E-state index in [9.17, 15) is 8.78 Å². The molecule has 0 heterocycles. The summed E-state index contributed by atoms with van der Waals surface area (Å²) in [5.41, 5.74) is 7.86. The van der Waals surface area contributed by atoms with Crippen LogP contribution in [0.4, 0.5) is 20.2 Å². The first-order valence-corrected chi connectivity index (χ1v) is 7.32. The highest BCUT2D eigenvalue weighted by Gasteiger charge is 2.13. The fourth-order valence-electron chi connectivity index (χ4n) is 2.00. The van der Waals surface area contributed by atoms with Crippen molar-refractivity contribution in [1.29, 1.82) is 0 Å². The first-order valence-electron chi connectivity index (χ1n) is 6.12. The summed E-state index contributed by atoms with van der Waals surface area (Å²) in [5, 5.41) is 2.76. The summed E-state index contributed by atoms with van der Waals surface area (Å²) in [6.07, 6.45) is 0. The van der Waals surface area contributed by atoms with Gasteiger partial charge in [-0.25, -0.2) is 8.78 Å². The molecule has 110 valence electrons. The maximum atomic E-state index is 14.0. The number of aryl methyl sites for hydroxylation is 2. The van der Waals surface area contributed by atoms with Gasteiger partial charge in [0.2, 0.25) is 0 Å². The lowest BCUT2D eigenvalue weighted by Crippen LogP contribution is -2.11. The normalized spacial score (nSPS) is 10.5. The van der Waals surface area contributed by atoms with Crippen LogP contribution in [0.3, 0.4) is 0 Å². The van der Waals surface area contributed by atoms with Gasteiger partial charge in [-0.2, -0.15) is 0 Å². The van der Waals surface area contributed by atoms with Crippen LogP contribution in [-0.2, 0) is 0 Å². The van der Waals surface area contributed by atoms with Crippen LogP contribution in [0.2, 0.25) is 0 Å². The Labute approximate surface area is 135 Å². The average molecular weight is 371 g/mol. The highest BCUT2D eigenvalue weighted by Crippen LogP contribution is 2.29. The second-order valence-electron chi connectivity index (χ2n) is 4.73. The summed E-state index contributed by atoms with van der Waals surface area (Å²) in [6, 6.07) is 5.84. The van der Waals surface area contributed by atoms with Crippen molar-refractivity contribution in [2.75, 3.05) is 5.32 Å². The van der Waals surface area contributed by atoms with E-state index < -0.39 is 11.6 Å². The number of hydrogen-bond acceptors (Lipinski definition) is 2. The molecule has 0 fully saturated rings. The summed E-state index contributed by atoms with van der Waals surface area (Å²) in [6.45, 7) is 3.82. The van der Waals surface area contributed by atoms with E-state index in [2.05, 4.69) is 21.2 Å². The molecule has 2 nitrogen and oxygen atoms in total. The minimum Gasteiger partial charge on any atom is -0.389 e. The third kappa shape index (κ3) is 3.39. The summed E-state index contributed by atoms with van der Waals surface area (Å²) in [7, 11) is 0. The molecule has 0 spiro atoms. The Balaban J connectivity index is 2.43. The average Bonchev–Trinajstić information content (AvgIpc) is 2.39. The molecule has 2 rings (SSSR count). The van der Waals surface area contributed by atoms with Gasteiger partial charge in [-0.3, -0.25) is 0 Å². The van der Waals surface area contributed by atoms with Crippen LogP contribution in [0.15, 0.2) is 28.7 Å². The van der Waals surface area contributed by atoms with E-state index in [0.29, 0.717) is 5.69 Å². The molecule has 0 aliphatic heterocycles. The van der Waals surface area contributed by atoms with E-state index in [4.69, 9.17) is 18.0 Å². The molecule has 2 aromatic carbocycles. The summed E-state index contributed by atoms with van der Waals surface area (Å²) < 4.78 is 29.0. The minimum atomic E-state index is -0.740. The molecular formula is C15H13BrF2N2S. The largest absolute Gasteiger partial charge is 0.389 e. The van der Waals surface area contributed by atoms with E-state index in [1.54, 1.807) is 12.1 Å². The molecule has 3 N–H and O–H groups in total. The lowest BCUT2D eigenvalue weighted by atomic mass is 10.1. The van der Waals surface area contributed by atoms with Gasteiger partial charge in [0.25, 0.3) is 0 Å². The van der Waals surface area contributed by atoms with Crippen molar-refractivity contribution in [3.8, 4) is 0 Å². The quantitative estimate of drug-likeness (QED) is 0.767. The van der Waals surface area contributed by atoms with Gasteiger partial charge < -0.3 is 11.1 Å². The van der Waals surface area contributed by atoms with Crippen molar-refractivity contribution in [1.82, 2.24) is 0 Å². The zero-order valence-corrected chi connectivity index (χ0v) is 13.8. The van der Waals surface area contributed by atoms with E-state index >= 15 is 0 Å². The summed E-state index contributed by atoms with van der Waals surface area (Å²) >= 11 is 8.17. The number of thiocarbonyl (C=S) groups is 1. The second kappa shape index (κ2) is 6.07. The highest BCUT2D eigenvalue weighted by atomic mass is 79.9. The predicted octanol–water partition coefficient (Wildman–Crippen LogP) is 4.72. The van der Waals surface area contributed by atoms with E-state index in [1.165, 1.54) is 0 Å². The van der Waals surface area contributed by atoms with E-state index in [-0.39, 0.29) is 16.2 Å². The van der Waals surface area contributed by atoms with Crippen LogP contribution in [0.1, 0.15) is 16.7 Å². The van der Waals surface area contributed by atoms with Crippen molar-refractivity contribution in [3.05, 3.63) is 57.1 Å². The van der Waals surface area contributed by atoms with Gasteiger partial charge in [-0.15, -0.1) is 0 Å². The maximum Gasteiger partial charge on any atom is 0.150 e. The van der Waals surface area contributed by atoms with Crippen molar-refractivity contribution < 1.29 is 8.78 Å². The standard InChI is InChI=1S/C15H13BrF2N2S/c1-7-3-10(4-8(2)13(7)16)20-14-11(17)5-9(15(19)21)6-12(14)18/h3-6,20H,1-2H3,(H2,19,21). The zero-order valence-electron chi connectivity index (χ0n) is 11.4. The fourth-order valence-corrected chi connectivity index (χ4v) is 2.34. The van der Waals surface area contributed by atoms with Gasteiger partial charge in [0.15, 0.2) is 0 Å². The Morgan fingerprint density at radius 1 is 1.10 bits per heavy atom. The number of hydrogen-bond donors (Lipinski definition) is 2.